The Kier molecular flexibility index (Phi) is 6.17. The topological polar surface area (TPSA) is 71.5 Å². The van der Waals surface area contributed by atoms with Crippen LogP contribution in [0.25, 0.3) is 32.9 Å². The van der Waals surface area contributed by atoms with Gasteiger partial charge in [0.2, 0.25) is 0 Å². The number of benzene rings is 2. The highest BCUT2D eigenvalue weighted by molar-refractivity contribution is 6.40. The number of hydrogen-bond donors (Lipinski definition) is 0. The zero-order chi connectivity index (χ0) is 24.7. The van der Waals surface area contributed by atoms with E-state index in [1.807, 2.05) is 41.3 Å². The smallest absolute Gasteiger partial charge is 0.318 e. The first-order valence-electron chi connectivity index (χ1n) is 10.9. The molecular formula is C25H20Cl2FN5O2. The molecular weight excluding hydrogens is 492 g/mol. The number of rotatable bonds is 4. The zero-order valence-electron chi connectivity index (χ0n) is 18.8. The Morgan fingerprint density at radius 3 is 2.43 bits per heavy atom. The Bertz CT molecular complexity index is 1480. The van der Waals surface area contributed by atoms with E-state index in [0.29, 0.717) is 58.6 Å². The van der Waals surface area contributed by atoms with Gasteiger partial charge >= 0.3 is 6.01 Å². The number of anilines is 1. The first-order valence-corrected chi connectivity index (χ1v) is 11.6. The van der Waals surface area contributed by atoms with Gasteiger partial charge in [-0.25, -0.2) is 9.37 Å². The fraction of sp³-hybridized carbons (Fsp3) is 0.200. The van der Waals surface area contributed by atoms with Crippen molar-refractivity contribution >= 4 is 56.7 Å². The van der Waals surface area contributed by atoms with Gasteiger partial charge in [-0.2, -0.15) is 9.97 Å². The maximum Gasteiger partial charge on any atom is 0.318 e. The zero-order valence-corrected chi connectivity index (χ0v) is 20.3. The number of ether oxygens (including phenoxy) is 1. The minimum Gasteiger partial charge on any atom is -0.467 e. The number of nitrogens with zero attached hydrogens (tertiary/aromatic N) is 5. The van der Waals surface area contributed by atoms with Crippen molar-refractivity contribution in [2.24, 2.45) is 0 Å². The summed E-state index contributed by atoms with van der Waals surface area (Å²) >= 11 is 13.5. The third-order valence-corrected chi connectivity index (χ3v) is 6.73. The van der Waals surface area contributed by atoms with Crippen LogP contribution in [0.2, 0.25) is 10.0 Å². The normalized spacial score (nSPS) is 13.9. The number of halogens is 3. The second-order valence-electron chi connectivity index (χ2n) is 8.04. The fourth-order valence-electron chi connectivity index (χ4n) is 4.32. The van der Waals surface area contributed by atoms with Gasteiger partial charge in [0.25, 0.3) is 5.91 Å². The fourth-order valence-corrected chi connectivity index (χ4v) is 4.89. The van der Waals surface area contributed by atoms with Crippen molar-refractivity contribution in [1.29, 1.82) is 0 Å². The molecule has 1 aliphatic heterocycles. The molecule has 1 amide bonds. The van der Waals surface area contributed by atoms with Crippen LogP contribution in [0.15, 0.2) is 55.0 Å². The molecule has 0 N–H and O–H groups in total. The van der Waals surface area contributed by atoms with E-state index in [2.05, 4.69) is 21.5 Å². The number of carbonyl (C=O) groups is 1. The minimum atomic E-state index is -0.970. The predicted octanol–water partition coefficient (Wildman–Crippen LogP) is 5.29. The van der Waals surface area contributed by atoms with Crippen molar-refractivity contribution in [3.63, 3.8) is 0 Å². The van der Waals surface area contributed by atoms with Crippen molar-refractivity contribution in [3.8, 4) is 17.1 Å². The molecule has 0 atom stereocenters. The SMILES string of the molecule is C=C(F)C(=O)N1CCN(c2nc(OC)nc3c(Cl)c(-c4cccc5cccc(Cl)c45)cnc23)CC1. The van der Waals surface area contributed by atoms with Gasteiger partial charge in [-0.15, -0.1) is 0 Å². The highest BCUT2D eigenvalue weighted by Gasteiger charge is 2.27. The van der Waals surface area contributed by atoms with E-state index in [1.54, 1.807) is 6.20 Å². The molecule has 5 rings (SSSR count). The van der Waals surface area contributed by atoms with Gasteiger partial charge in [-0.05, 0) is 17.0 Å². The van der Waals surface area contributed by atoms with Gasteiger partial charge in [-0.1, -0.05) is 60.1 Å². The van der Waals surface area contributed by atoms with Crippen molar-refractivity contribution in [2.75, 3.05) is 38.2 Å². The number of piperazine rings is 1. The Morgan fingerprint density at radius 1 is 1.03 bits per heavy atom. The lowest BCUT2D eigenvalue weighted by Crippen LogP contribution is -2.49. The van der Waals surface area contributed by atoms with E-state index in [-0.39, 0.29) is 6.01 Å². The van der Waals surface area contributed by atoms with Gasteiger partial charge in [-0.3, -0.25) is 4.79 Å². The van der Waals surface area contributed by atoms with Crippen LogP contribution in [0.4, 0.5) is 10.2 Å². The van der Waals surface area contributed by atoms with Gasteiger partial charge in [0.1, 0.15) is 11.0 Å². The first-order chi connectivity index (χ1) is 16.9. The van der Waals surface area contributed by atoms with Crippen LogP contribution < -0.4 is 9.64 Å². The quantitative estimate of drug-likeness (QED) is 0.346. The van der Waals surface area contributed by atoms with Crippen LogP contribution in [-0.4, -0.2) is 59.0 Å². The van der Waals surface area contributed by atoms with Crippen molar-refractivity contribution in [1.82, 2.24) is 19.9 Å². The Morgan fingerprint density at radius 2 is 1.74 bits per heavy atom. The van der Waals surface area contributed by atoms with E-state index in [9.17, 15) is 9.18 Å². The van der Waals surface area contributed by atoms with Crippen molar-refractivity contribution < 1.29 is 13.9 Å². The molecule has 1 aliphatic rings. The molecule has 0 spiro atoms. The molecule has 1 saturated heterocycles. The summed E-state index contributed by atoms with van der Waals surface area (Å²) in [5.74, 6) is -1.14. The van der Waals surface area contributed by atoms with Crippen molar-refractivity contribution in [2.45, 2.75) is 0 Å². The van der Waals surface area contributed by atoms with Crippen LogP contribution in [0.3, 0.4) is 0 Å². The minimum absolute atomic E-state index is 0.139. The maximum atomic E-state index is 13.3. The number of fused-ring (bicyclic) bond motifs is 2. The third-order valence-electron chi connectivity index (χ3n) is 6.04. The summed E-state index contributed by atoms with van der Waals surface area (Å²) in [5.41, 5.74) is 2.46. The number of amides is 1. The van der Waals surface area contributed by atoms with E-state index < -0.39 is 11.7 Å². The molecule has 2 aromatic heterocycles. The van der Waals surface area contributed by atoms with Crippen LogP contribution >= 0.6 is 23.2 Å². The summed E-state index contributed by atoms with van der Waals surface area (Å²) in [4.78, 5) is 29.0. The standard InChI is InChI=1S/C25H20Cl2FN5O2/c1-14(28)24(34)33-11-9-32(10-12-33)23-22-21(30-25(31-23)35-2)20(27)17(13-29-22)16-7-3-5-15-6-4-8-18(26)19(15)16/h3-8,13H,1,9-12H2,2H3. The molecule has 35 heavy (non-hydrogen) atoms. The summed E-state index contributed by atoms with van der Waals surface area (Å²) in [6, 6.07) is 11.7. The lowest BCUT2D eigenvalue weighted by atomic mass is 9.99. The molecule has 7 nitrogen and oxygen atoms in total. The highest BCUT2D eigenvalue weighted by atomic mass is 35.5. The van der Waals surface area contributed by atoms with Gasteiger partial charge in [0, 0.05) is 48.3 Å². The van der Waals surface area contributed by atoms with Gasteiger partial charge < -0.3 is 14.5 Å². The summed E-state index contributed by atoms with van der Waals surface area (Å²) in [5, 5.41) is 2.86. The summed E-state index contributed by atoms with van der Waals surface area (Å²) in [7, 11) is 1.48. The van der Waals surface area contributed by atoms with E-state index in [1.165, 1.54) is 12.0 Å². The maximum absolute atomic E-state index is 13.3. The molecule has 10 heteroatoms. The van der Waals surface area contributed by atoms with E-state index in [0.717, 1.165) is 16.3 Å². The van der Waals surface area contributed by atoms with Crippen LogP contribution in [0, 0.1) is 0 Å². The highest BCUT2D eigenvalue weighted by Crippen LogP contribution is 2.40. The molecule has 3 heterocycles. The predicted molar refractivity (Wildman–Crippen MR) is 136 cm³/mol. The number of hydrogen-bond acceptors (Lipinski definition) is 6. The molecule has 0 bridgehead atoms. The van der Waals surface area contributed by atoms with E-state index >= 15 is 0 Å². The van der Waals surface area contributed by atoms with Gasteiger partial charge in [0.15, 0.2) is 11.6 Å². The molecule has 0 aliphatic carbocycles. The van der Waals surface area contributed by atoms with Crippen molar-refractivity contribution in [3.05, 3.63) is 65.0 Å². The molecule has 0 radical (unpaired) electrons. The average molecular weight is 512 g/mol. The van der Waals surface area contributed by atoms with Crippen LogP contribution in [-0.2, 0) is 4.79 Å². The summed E-state index contributed by atoms with van der Waals surface area (Å²) < 4.78 is 18.6. The Balaban J connectivity index is 1.60. The van der Waals surface area contributed by atoms with Crippen LogP contribution in [0.1, 0.15) is 0 Å². The monoisotopic (exact) mass is 511 g/mol. The molecule has 2 aromatic carbocycles. The lowest BCUT2D eigenvalue weighted by molar-refractivity contribution is -0.128. The second kappa shape index (κ2) is 9.28. The number of methoxy groups -OCH3 is 1. The first kappa shape index (κ1) is 23.3. The number of aromatic nitrogens is 3. The summed E-state index contributed by atoms with van der Waals surface area (Å²) in [6.45, 7) is 4.58. The van der Waals surface area contributed by atoms with Crippen LogP contribution in [0.5, 0.6) is 6.01 Å². The second-order valence-corrected chi connectivity index (χ2v) is 8.83. The largest absolute Gasteiger partial charge is 0.467 e. The van der Waals surface area contributed by atoms with E-state index in [4.69, 9.17) is 27.9 Å². The molecule has 0 unspecified atom stereocenters. The number of carbonyl (C=O) groups excluding carboxylic acids is 1. The molecule has 4 aromatic rings. The molecule has 1 fully saturated rings. The Labute approximate surface area is 210 Å². The van der Waals surface area contributed by atoms with Gasteiger partial charge in [0.05, 0.1) is 12.1 Å². The third kappa shape index (κ3) is 4.13. The lowest BCUT2D eigenvalue weighted by Gasteiger charge is -2.35. The average Bonchev–Trinajstić information content (AvgIpc) is 2.88. The molecule has 0 saturated carbocycles. The summed E-state index contributed by atoms with van der Waals surface area (Å²) in [6.07, 6.45) is 1.69. The molecule has 178 valence electrons. The Hall–Kier alpha value is -3.49. The number of pyridine rings is 1.